The molecule has 0 N–H and O–H groups in total. The lowest BCUT2D eigenvalue weighted by Gasteiger charge is -2.07. The number of hydrogen-bond acceptors (Lipinski definition) is 0. The first-order valence-corrected chi connectivity index (χ1v) is 18.9. The molecule has 1 aromatic rings. The Hall–Kier alpha value is -0.790. The molecule has 0 aliphatic rings. The molecule has 0 aliphatic heterocycles. The molecule has 0 saturated heterocycles. The van der Waals surface area contributed by atoms with Gasteiger partial charge in [0.05, 0.1) is 13.1 Å². The smallest absolute Gasteiger partial charge is 0.234 e. The molecule has 0 fully saturated rings. The van der Waals surface area contributed by atoms with Crippen molar-refractivity contribution >= 4 is 0 Å². The summed E-state index contributed by atoms with van der Waals surface area (Å²) in [4.78, 5) is 0. The lowest BCUT2D eigenvalue weighted by atomic mass is 10.0. The molecule has 0 atom stereocenters. The van der Waals surface area contributed by atoms with Gasteiger partial charge in [-0.25, -0.2) is 9.13 Å². The molecule has 0 unspecified atom stereocenters. The van der Waals surface area contributed by atoms with Crippen LogP contribution in [-0.4, -0.2) is 4.57 Å². The fraction of sp³-hybridized carbons (Fsp3) is 0.921. The Morgan fingerprint density at radius 2 is 0.775 bits per heavy atom. The maximum absolute atomic E-state index is 2.61. The van der Waals surface area contributed by atoms with Gasteiger partial charge in [-0.15, -0.1) is 0 Å². The predicted molar refractivity (Wildman–Crippen MR) is 179 cm³/mol. The van der Waals surface area contributed by atoms with E-state index in [4.69, 9.17) is 0 Å². The summed E-state index contributed by atoms with van der Waals surface area (Å²) in [6, 6.07) is 0. The van der Waals surface area contributed by atoms with Gasteiger partial charge in [-0.1, -0.05) is 175 Å². The monoisotopic (exact) mass is 560 g/mol. The van der Waals surface area contributed by atoms with Gasteiger partial charge in [0.2, 0.25) is 0 Å². The third-order valence-corrected chi connectivity index (χ3v) is 9.10. The molecule has 0 radical (unpaired) electrons. The van der Waals surface area contributed by atoms with E-state index in [-0.39, 0.29) is 0 Å². The quantitative estimate of drug-likeness (QED) is 0.0613. The van der Waals surface area contributed by atoms with Gasteiger partial charge < -0.3 is 0 Å². The van der Waals surface area contributed by atoms with Crippen LogP contribution in [0.15, 0.2) is 12.4 Å². The van der Waals surface area contributed by atoms with Crippen molar-refractivity contribution in [3.63, 3.8) is 0 Å². The molecule has 40 heavy (non-hydrogen) atoms. The van der Waals surface area contributed by atoms with Crippen LogP contribution in [0.2, 0.25) is 0 Å². The molecule has 2 heteroatoms. The van der Waals surface area contributed by atoms with Gasteiger partial charge in [0.1, 0.15) is 12.4 Å². The summed E-state index contributed by atoms with van der Waals surface area (Å²) in [5, 5.41) is 0. The highest BCUT2D eigenvalue weighted by molar-refractivity contribution is 4.84. The molecule has 0 spiro atoms. The second kappa shape index (κ2) is 29.7. The SMILES string of the molecule is CCCCCCCCCCCCCCCCCCCc1n(CCCCCCCCCCC)cc[n+]1CCCCC. The van der Waals surface area contributed by atoms with E-state index in [1.807, 2.05) is 0 Å². The normalized spacial score (nSPS) is 11.6. The summed E-state index contributed by atoms with van der Waals surface area (Å²) >= 11 is 0. The van der Waals surface area contributed by atoms with E-state index < -0.39 is 0 Å². The van der Waals surface area contributed by atoms with E-state index >= 15 is 0 Å². The van der Waals surface area contributed by atoms with E-state index in [1.165, 1.54) is 206 Å². The van der Waals surface area contributed by atoms with Crippen molar-refractivity contribution in [2.45, 2.75) is 226 Å². The number of rotatable bonds is 32. The molecule has 0 aliphatic carbocycles. The van der Waals surface area contributed by atoms with Crippen molar-refractivity contribution in [1.29, 1.82) is 0 Å². The van der Waals surface area contributed by atoms with Crippen LogP contribution in [0.3, 0.4) is 0 Å². The molecular formula is C38H75N2+. The first kappa shape index (κ1) is 37.2. The Labute approximate surface area is 253 Å². The van der Waals surface area contributed by atoms with E-state index in [0.29, 0.717) is 0 Å². The van der Waals surface area contributed by atoms with E-state index in [0.717, 1.165) is 0 Å². The highest BCUT2D eigenvalue weighted by atomic mass is 15.1. The average Bonchev–Trinajstić information content (AvgIpc) is 3.35. The van der Waals surface area contributed by atoms with E-state index in [2.05, 4.69) is 42.3 Å². The fourth-order valence-electron chi connectivity index (χ4n) is 6.33. The van der Waals surface area contributed by atoms with Crippen molar-refractivity contribution in [2.75, 3.05) is 0 Å². The van der Waals surface area contributed by atoms with Crippen LogP contribution in [0.25, 0.3) is 0 Å². The van der Waals surface area contributed by atoms with Gasteiger partial charge in [0.15, 0.2) is 0 Å². The standard InChI is InChI=1S/C38H75N2/c1-4-7-10-12-14-16-17-18-19-20-21-22-23-24-26-28-30-33-38-39(34-31-9-6-3)36-37-40(38)35-32-29-27-25-15-13-11-8-5-2/h36-37H,4-35H2,1-3H3/q+1. The molecule has 0 amide bonds. The minimum absolute atomic E-state index is 1.22. The van der Waals surface area contributed by atoms with Crippen LogP contribution in [0.1, 0.15) is 213 Å². The number of imidazole rings is 1. The van der Waals surface area contributed by atoms with Crippen LogP contribution >= 0.6 is 0 Å². The largest absolute Gasteiger partial charge is 0.256 e. The summed E-state index contributed by atoms with van der Waals surface area (Å²) in [5.41, 5.74) is 0. The second-order valence-electron chi connectivity index (χ2n) is 13.0. The second-order valence-corrected chi connectivity index (χ2v) is 13.0. The average molecular weight is 560 g/mol. The van der Waals surface area contributed by atoms with Crippen molar-refractivity contribution < 1.29 is 4.57 Å². The zero-order chi connectivity index (χ0) is 28.8. The number of nitrogens with zero attached hydrogens (tertiary/aromatic N) is 2. The molecule has 0 bridgehead atoms. The highest BCUT2D eigenvalue weighted by Crippen LogP contribution is 2.15. The van der Waals surface area contributed by atoms with Gasteiger partial charge in [-0.3, -0.25) is 0 Å². The zero-order valence-corrected chi connectivity index (χ0v) is 28.2. The lowest BCUT2D eigenvalue weighted by molar-refractivity contribution is -0.704. The predicted octanol–water partition coefficient (Wildman–Crippen LogP) is 12.7. The maximum Gasteiger partial charge on any atom is 0.256 e. The van der Waals surface area contributed by atoms with Crippen molar-refractivity contribution in [3.8, 4) is 0 Å². The maximum atomic E-state index is 2.61. The van der Waals surface area contributed by atoms with Crippen LogP contribution < -0.4 is 4.57 Å². The van der Waals surface area contributed by atoms with Crippen molar-refractivity contribution in [2.24, 2.45) is 0 Å². The minimum atomic E-state index is 1.22. The van der Waals surface area contributed by atoms with Crippen LogP contribution in [0.5, 0.6) is 0 Å². The number of hydrogen-bond donors (Lipinski definition) is 0. The van der Waals surface area contributed by atoms with Gasteiger partial charge in [0, 0.05) is 6.42 Å². The number of aryl methyl sites for hydroxylation is 2. The zero-order valence-electron chi connectivity index (χ0n) is 28.2. The molecule has 0 aromatic carbocycles. The Bertz CT molecular complexity index is 619. The van der Waals surface area contributed by atoms with Gasteiger partial charge in [-0.05, 0) is 32.1 Å². The van der Waals surface area contributed by atoms with E-state index in [1.54, 1.807) is 5.82 Å². The Kier molecular flexibility index (Phi) is 27.6. The minimum Gasteiger partial charge on any atom is -0.234 e. The Balaban J connectivity index is 2.11. The summed E-state index contributed by atoms with van der Waals surface area (Å²) in [6.07, 6.45) is 47.5. The Morgan fingerprint density at radius 1 is 0.425 bits per heavy atom. The third kappa shape index (κ3) is 21.9. The van der Waals surface area contributed by atoms with Gasteiger partial charge >= 0.3 is 0 Å². The van der Waals surface area contributed by atoms with Crippen molar-refractivity contribution in [3.05, 3.63) is 18.2 Å². The van der Waals surface area contributed by atoms with Gasteiger partial charge in [-0.2, -0.15) is 0 Å². The molecule has 1 heterocycles. The first-order valence-electron chi connectivity index (χ1n) is 18.9. The molecule has 1 aromatic heterocycles. The number of aromatic nitrogens is 2. The molecule has 0 saturated carbocycles. The summed E-state index contributed by atoms with van der Waals surface area (Å²) in [7, 11) is 0. The molecule has 2 nitrogen and oxygen atoms in total. The summed E-state index contributed by atoms with van der Waals surface area (Å²) < 4.78 is 5.20. The van der Waals surface area contributed by atoms with Crippen LogP contribution in [0.4, 0.5) is 0 Å². The summed E-state index contributed by atoms with van der Waals surface area (Å²) in [5.74, 6) is 1.61. The lowest BCUT2D eigenvalue weighted by Crippen LogP contribution is -2.37. The van der Waals surface area contributed by atoms with Crippen molar-refractivity contribution in [1.82, 2.24) is 4.57 Å². The molecular weight excluding hydrogens is 484 g/mol. The topological polar surface area (TPSA) is 8.81 Å². The van der Waals surface area contributed by atoms with Crippen LogP contribution in [0, 0.1) is 0 Å². The number of unbranched alkanes of at least 4 members (excludes halogenated alkanes) is 26. The summed E-state index contributed by atoms with van der Waals surface area (Å²) in [6.45, 7) is 9.38. The third-order valence-electron chi connectivity index (χ3n) is 9.10. The van der Waals surface area contributed by atoms with Crippen LogP contribution in [-0.2, 0) is 19.5 Å². The fourth-order valence-corrected chi connectivity index (χ4v) is 6.33. The first-order chi connectivity index (χ1) is 19.8. The van der Waals surface area contributed by atoms with E-state index in [9.17, 15) is 0 Å². The highest BCUT2D eigenvalue weighted by Gasteiger charge is 2.16. The van der Waals surface area contributed by atoms with Gasteiger partial charge in [0.25, 0.3) is 5.82 Å². The molecule has 236 valence electrons. The Morgan fingerprint density at radius 3 is 1.20 bits per heavy atom. The molecule has 1 rings (SSSR count).